The first-order chi connectivity index (χ1) is 9.74. The van der Waals surface area contributed by atoms with Crippen LogP contribution in [0.25, 0.3) is 22.9 Å². The molecule has 20 heavy (non-hydrogen) atoms. The Hall–Kier alpha value is -2.95. The summed E-state index contributed by atoms with van der Waals surface area (Å²) in [6.07, 6.45) is 0. The van der Waals surface area contributed by atoms with E-state index in [2.05, 4.69) is 10.2 Å². The summed E-state index contributed by atoms with van der Waals surface area (Å²) in [5.41, 5.74) is 1.60. The van der Waals surface area contributed by atoms with Gasteiger partial charge in [-0.1, -0.05) is 30.3 Å². The highest BCUT2D eigenvalue weighted by molar-refractivity contribution is 5.86. The lowest BCUT2D eigenvalue weighted by molar-refractivity contribution is -0.255. The third-order valence-corrected chi connectivity index (χ3v) is 2.81. The third-order valence-electron chi connectivity index (χ3n) is 2.81. The second kappa shape index (κ2) is 4.97. The van der Waals surface area contributed by atoms with Crippen LogP contribution < -0.4 is 5.11 Å². The third kappa shape index (κ3) is 2.29. The van der Waals surface area contributed by atoms with Gasteiger partial charge in [-0.3, -0.25) is 0 Å². The molecule has 98 valence electrons. The number of carboxylic acids is 1. The maximum Gasteiger partial charge on any atom is 0.248 e. The van der Waals surface area contributed by atoms with Crippen LogP contribution in [0, 0.1) is 0 Å². The molecular weight excluding hydrogens is 256 g/mol. The molecule has 5 nitrogen and oxygen atoms in total. The van der Waals surface area contributed by atoms with Crippen LogP contribution >= 0.6 is 0 Å². The predicted molar refractivity (Wildman–Crippen MR) is 69.5 cm³/mol. The van der Waals surface area contributed by atoms with E-state index in [0.29, 0.717) is 17.3 Å². The number of hydrogen-bond acceptors (Lipinski definition) is 5. The van der Waals surface area contributed by atoms with Gasteiger partial charge >= 0.3 is 0 Å². The number of carboxylic acid groups (broad SMARTS) is 1. The molecule has 0 aliphatic carbocycles. The minimum Gasteiger partial charge on any atom is -0.545 e. The zero-order valence-corrected chi connectivity index (χ0v) is 10.3. The molecule has 0 atom stereocenters. The molecule has 1 aromatic heterocycles. The average molecular weight is 265 g/mol. The van der Waals surface area contributed by atoms with E-state index in [1.807, 2.05) is 30.3 Å². The number of aromatic nitrogens is 2. The van der Waals surface area contributed by atoms with Crippen molar-refractivity contribution in [1.29, 1.82) is 0 Å². The molecule has 0 bridgehead atoms. The highest BCUT2D eigenvalue weighted by Gasteiger charge is 2.09. The molecule has 0 aliphatic heterocycles. The fraction of sp³-hybridized carbons (Fsp3) is 0. The van der Waals surface area contributed by atoms with Crippen molar-refractivity contribution in [1.82, 2.24) is 10.2 Å². The zero-order chi connectivity index (χ0) is 13.9. The molecule has 5 heteroatoms. The van der Waals surface area contributed by atoms with Crippen LogP contribution in [0.3, 0.4) is 0 Å². The van der Waals surface area contributed by atoms with E-state index in [1.165, 1.54) is 12.1 Å². The second-order valence-electron chi connectivity index (χ2n) is 4.14. The normalized spacial score (nSPS) is 10.4. The van der Waals surface area contributed by atoms with Gasteiger partial charge in [-0.05, 0) is 29.8 Å². The van der Waals surface area contributed by atoms with Crippen molar-refractivity contribution < 1.29 is 14.3 Å². The van der Waals surface area contributed by atoms with Gasteiger partial charge in [-0.25, -0.2) is 0 Å². The first-order valence-corrected chi connectivity index (χ1v) is 5.95. The molecule has 2 aromatic carbocycles. The topological polar surface area (TPSA) is 79.0 Å². The van der Waals surface area contributed by atoms with E-state index in [0.717, 1.165) is 5.56 Å². The van der Waals surface area contributed by atoms with Crippen LogP contribution in [0.4, 0.5) is 0 Å². The smallest absolute Gasteiger partial charge is 0.248 e. The fourth-order valence-electron chi connectivity index (χ4n) is 1.79. The highest BCUT2D eigenvalue weighted by Crippen LogP contribution is 2.23. The van der Waals surface area contributed by atoms with E-state index in [9.17, 15) is 9.90 Å². The molecule has 0 radical (unpaired) electrons. The van der Waals surface area contributed by atoms with E-state index in [-0.39, 0.29) is 5.56 Å². The van der Waals surface area contributed by atoms with Crippen molar-refractivity contribution in [3.05, 3.63) is 60.2 Å². The zero-order valence-electron chi connectivity index (χ0n) is 10.3. The summed E-state index contributed by atoms with van der Waals surface area (Å²) in [6, 6.07) is 15.5. The van der Waals surface area contributed by atoms with Gasteiger partial charge in [0.25, 0.3) is 0 Å². The summed E-state index contributed by atoms with van der Waals surface area (Å²) in [7, 11) is 0. The van der Waals surface area contributed by atoms with Crippen LogP contribution in [0.2, 0.25) is 0 Å². The van der Waals surface area contributed by atoms with Crippen molar-refractivity contribution in [2.75, 3.05) is 0 Å². The van der Waals surface area contributed by atoms with Crippen LogP contribution in [0.15, 0.2) is 59.0 Å². The Morgan fingerprint density at radius 1 is 0.850 bits per heavy atom. The molecule has 0 fully saturated rings. The molecule has 3 rings (SSSR count). The lowest BCUT2D eigenvalue weighted by Crippen LogP contribution is -2.21. The molecule has 0 aliphatic rings. The molecule has 0 unspecified atom stereocenters. The number of rotatable bonds is 3. The van der Waals surface area contributed by atoms with Gasteiger partial charge in [-0.2, -0.15) is 0 Å². The molecule has 0 spiro atoms. The van der Waals surface area contributed by atoms with E-state index in [4.69, 9.17) is 4.42 Å². The Balaban J connectivity index is 1.92. The summed E-state index contributed by atoms with van der Waals surface area (Å²) in [6.45, 7) is 0. The standard InChI is InChI=1S/C15H10N2O3/c18-15(19)12-8-6-11(7-9-12)14-17-16-13(20-14)10-4-2-1-3-5-10/h1-9H,(H,18,19)/p-1. The molecule has 0 N–H and O–H groups in total. The summed E-state index contributed by atoms with van der Waals surface area (Å²) in [5.74, 6) is -0.453. The Morgan fingerprint density at radius 3 is 1.95 bits per heavy atom. The van der Waals surface area contributed by atoms with Gasteiger partial charge in [0, 0.05) is 11.1 Å². The highest BCUT2D eigenvalue weighted by atomic mass is 16.4. The number of nitrogens with zero attached hydrogens (tertiary/aromatic N) is 2. The lowest BCUT2D eigenvalue weighted by atomic mass is 10.1. The first-order valence-electron chi connectivity index (χ1n) is 5.95. The van der Waals surface area contributed by atoms with E-state index in [1.54, 1.807) is 12.1 Å². The molecule has 0 amide bonds. The number of carbonyl (C=O) groups excluding carboxylic acids is 1. The summed E-state index contributed by atoms with van der Waals surface area (Å²) in [5, 5.41) is 18.6. The predicted octanol–water partition coefficient (Wildman–Crippen LogP) is 1.77. The van der Waals surface area contributed by atoms with Gasteiger partial charge in [0.2, 0.25) is 11.8 Å². The van der Waals surface area contributed by atoms with Gasteiger partial charge in [0.05, 0.1) is 5.97 Å². The largest absolute Gasteiger partial charge is 0.545 e. The van der Waals surface area contributed by atoms with Crippen molar-refractivity contribution in [3.63, 3.8) is 0 Å². The average Bonchev–Trinajstić information content (AvgIpc) is 2.98. The lowest BCUT2D eigenvalue weighted by Gasteiger charge is -2.01. The van der Waals surface area contributed by atoms with E-state index < -0.39 is 5.97 Å². The van der Waals surface area contributed by atoms with Gasteiger partial charge < -0.3 is 14.3 Å². The maximum atomic E-state index is 10.7. The molecule has 0 saturated carbocycles. The van der Waals surface area contributed by atoms with Gasteiger partial charge in [0.1, 0.15) is 0 Å². The molecular formula is C15H9N2O3-. The van der Waals surface area contributed by atoms with Crippen molar-refractivity contribution >= 4 is 5.97 Å². The minimum atomic E-state index is -1.22. The number of aromatic carboxylic acids is 1. The molecule has 1 heterocycles. The summed E-state index contributed by atoms with van der Waals surface area (Å²) >= 11 is 0. The Kier molecular flexibility index (Phi) is 3.01. The summed E-state index contributed by atoms with van der Waals surface area (Å²) in [4.78, 5) is 10.7. The molecule has 0 saturated heterocycles. The molecule has 3 aromatic rings. The number of carbonyl (C=O) groups is 1. The fourth-order valence-corrected chi connectivity index (χ4v) is 1.79. The second-order valence-corrected chi connectivity index (χ2v) is 4.14. The van der Waals surface area contributed by atoms with Crippen molar-refractivity contribution in [2.45, 2.75) is 0 Å². The quantitative estimate of drug-likeness (QED) is 0.721. The van der Waals surface area contributed by atoms with E-state index >= 15 is 0 Å². The number of hydrogen-bond donors (Lipinski definition) is 0. The van der Waals surface area contributed by atoms with Gasteiger partial charge in [-0.15, -0.1) is 10.2 Å². The number of benzene rings is 2. The Labute approximate surface area is 114 Å². The van der Waals surface area contributed by atoms with Crippen LogP contribution in [-0.4, -0.2) is 16.2 Å². The van der Waals surface area contributed by atoms with Gasteiger partial charge in [0.15, 0.2) is 0 Å². The first kappa shape index (κ1) is 12.1. The van der Waals surface area contributed by atoms with Crippen molar-refractivity contribution in [2.24, 2.45) is 0 Å². The maximum absolute atomic E-state index is 10.7. The Bertz CT molecular complexity index is 733. The van der Waals surface area contributed by atoms with Crippen LogP contribution in [-0.2, 0) is 0 Å². The van der Waals surface area contributed by atoms with Crippen molar-refractivity contribution in [3.8, 4) is 22.9 Å². The monoisotopic (exact) mass is 265 g/mol. The van der Waals surface area contributed by atoms with Crippen LogP contribution in [0.1, 0.15) is 10.4 Å². The minimum absolute atomic E-state index is 0.108. The SMILES string of the molecule is O=C([O-])c1ccc(-c2nnc(-c3ccccc3)o2)cc1. The Morgan fingerprint density at radius 2 is 1.40 bits per heavy atom. The van der Waals surface area contributed by atoms with Crippen LogP contribution in [0.5, 0.6) is 0 Å². The summed E-state index contributed by atoms with van der Waals surface area (Å²) < 4.78 is 5.57.